The molecule has 6 unspecified atom stereocenters. The summed E-state index contributed by atoms with van der Waals surface area (Å²) in [4.78, 5) is 0. The molecule has 0 bridgehead atoms. The molecular weight excluding hydrogens is 358 g/mol. The maximum atomic E-state index is 12.2. The summed E-state index contributed by atoms with van der Waals surface area (Å²) in [5, 5.41) is 20.3. The molecule has 0 aromatic rings. The van der Waals surface area contributed by atoms with Gasteiger partial charge in [0.05, 0.1) is 11.9 Å². The van der Waals surface area contributed by atoms with E-state index in [2.05, 4.69) is 39.5 Å². The number of ether oxygens (including phenoxy) is 1. The van der Waals surface area contributed by atoms with Gasteiger partial charge in [0.25, 0.3) is 0 Å². The smallest absolute Gasteiger partial charge is 0.119 e. The highest BCUT2D eigenvalue weighted by atomic mass is 16.5. The standard InChI is InChI=1S/C26H35NO2/c1-5-25(19-7-6-17(2)29-15-19)16-26(28)22-9-8-18-14-20(27)10-12-23(18,3)21(22)11-13-24(25,26)4/h6-7,14-15,21-22,27-28H,2,5,8-13,16H2,1,3-4H3. The van der Waals surface area contributed by atoms with Crippen LogP contribution in [0.25, 0.3) is 0 Å². The Balaban J connectivity index is 1.51. The summed E-state index contributed by atoms with van der Waals surface area (Å²) in [5.74, 6) is 1.58. The van der Waals surface area contributed by atoms with E-state index in [0.29, 0.717) is 17.6 Å². The van der Waals surface area contributed by atoms with Gasteiger partial charge in [-0.2, -0.15) is 0 Å². The van der Waals surface area contributed by atoms with E-state index >= 15 is 0 Å². The SMILES string of the molecule is C=C1C=CC(C2(CC)CC3(O)C4CCC5=CC(=N)CCC5(C)C4CCC23C)=CO1. The third kappa shape index (κ3) is 2.20. The number of allylic oxidation sites excluding steroid dienone is 5. The van der Waals surface area contributed by atoms with Crippen LogP contribution in [0.2, 0.25) is 0 Å². The Labute approximate surface area is 175 Å². The molecule has 0 aromatic heterocycles. The first-order valence-corrected chi connectivity index (χ1v) is 11.5. The monoisotopic (exact) mass is 393 g/mol. The van der Waals surface area contributed by atoms with Crippen LogP contribution in [-0.2, 0) is 4.74 Å². The zero-order valence-corrected chi connectivity index (χ0v) is 18.2. The van der Waals surface area contributed by atoms with E-state index in [-0.39, 0.29) is 16.2 Å². The molecule has 1 aliphatic heterocycles. The van der Waals surface area contributed by atoms with Crippen molar-refractivity contribution in [1.29, 1.82) is 5.41 Å². The van der Waals surface area contributed by atoms with E-state index in [1.165, 1.54) is 17.6 Å². The molecule has 3 saturated carbocycles. The Hall–Kier alpha value is -1.61. The van der Waals surface area contributed by atoms with Gasteiger partial charge in [0.15, 0.2) is 0 Å². The van der Waals surface area contributed by atoms with Gasteiger partial charge in [-0.15, -0.1) is 0 Å². The molecule has 5 aliphatic rings. The maximum absolute atomic E-state index is 12.2. The predicted molar refractivity (Wildman–Crippen MR) is 116 cm³/mol. The molecule has 156 valence electrons. The van der Waals surface area contributed by atoms with Gasteiger partial charge < -0.3 is 15.3 Å². The highest BCUT2D eigenvalue weighted by Gasteiger charge is 2.76. The lowest BCUT2D eigenvalue weighted by molar-refractivity contribution is -0.311. The Morgan fingerprint density at radius 3 is 2.66 bits per heavy atom. The minimum absolute atomic E-state index is 0.0182. The Bertz CT molecular complexity index is 881. The van der Waals surface area contributed by atoms with E-state index in [9.17, 15) is 5.11 Å². The quantitative estimate of drug-likeness (QED) is 0.598. The Morgan fingerprint density at radius 2 is 1.97 bits per heavy atom. The second-order valence-corrected chi connectivity index (χ2v) is 10.8. The summed E-state index contributed by atoms with van der Waals surface area (Å²) in [7, 11) is 0. The van der Waals surface area contributed by atoms with Crippen LogP contribution in [-0.4, -0.2) is 16.4 Å². The van der Waals surface area contributed by atoms with Crippen molar-refractivity contribution < 1.29 is 9.84 Å². The van der Waals surface area contributed by atoms with E-state index in [4.69, 9.17) is 10.1 Å². The molecule has 0 amide bonds. The largest absolute Gasteiger partial charge is 0.465 e. The zero-order valence-electron chi connectivity index (χ0n) is 18.2. The van der Waals surface area contributed by atoms with Crippen LogP contribution in [0.5, 0.6) is 0 Å². The molecule has 0 saturated heterocycles. The molecule has 1 heterocycles. The number of fused-ring (bicyclic) bond motifs is 5. The van der Waals surface area contributed by atoms with Crippen molar-refractivity contribution in [2.24, 2.45) is 28.1 Å². The van der Waals surface area contributed by atoms with Gasteiger partial charge in [0, 0.05) is 16.5 Å². The summed E-state index contributed by atoms with van der Waals surface area (Å²) < 4.78 is 5.68. The summed E-state index contributed by atoms with van der Waals surface area (Å²) in [6, 6.07) is 0. The fourth-order valence-corrected chi connectivity index (χ4v) is 8.24. The van der Waals surface area contributed by atoms with Gasteiger partial charge in [-0.1, -0.05) is 39.0 Å². The van der Waals surface area contributed by atoms with Crippen LogP contribution in [0.3, 0.4) is 0 Å². The number of nitrogens with one attached hydrogen (secondary N) is 1. The van der Waals surface area contributed by atoms with Crippen LogP contribution in [0.4, 0.5) is 0 Å². The van der Waals surface area contributed by atoms with Crippen molar-refractivity contribution >= 4 is 5.71 Å². The number of aliphatic hydroxyl groups is 1. The summed E-state index contributed by atoms with van der Waals surface area (Å²) >= 11 is 0. The number of rotatable bonds is 2. The second kappa shape index (κ2) is 5.97. The number of hydrogen-bond donors (Lipinski definition) is 2. The lowest BCUT2D eigenvalue weighted by atomic mass is 9.30. The first-order valence-electron chi connectivity index (χ1n) is 11.5. The number of hydrogen-bond acceptors (Lipinski definition) is 3. The van der Waals surface area contributed by atoms with Crippen LogP contribution in [0.1, 0.15) is 72.1 Å². The van der Waals surface area contributed by atoms with Crippen molar-refractivity contribution in [3.63, 3.8) is 0 Å². The highest BCUT2D eigenvalue weighted by Crippen LogP contribution is 2.77. The van der Waals surface area contributed by atoms with E-state index in [1.54, 1.807) is 0 Å². The summed E-state index contributed by atoms with van der Waals surface area (Å²) in [6.45, 7) is 10.9. The lowest BCUT2D eigenvalue weighted by Crippen LogP contribution is -2.76. The molecule has 6 atom stereocenters. The van der Waals surface area contributed by atoms with E-state index in [0.717, 1.165) is 50.7 Å². The molecule has 4 aliphatic carbocycles. The van der Waals surface area contributed by atoms with Gasteiger partial charge in [0.2, 0.25) is 0 Å². The molecule has 0 radical (unpaired) electrons. The predicted octanol–water partition coefficient (Wildman–Crippen LogP) is 6.07. The Kier molecular flexibility index (Phi) is 3.98. The topological polar surface area (TPSA) is 53.3 Å². The van der Waals surface area contributed by atoms with Gasteiger partial charge in [-0.05, 0) is 86.3 Å². The van der Waals surface area contributed by atoms with E-state index in [1.807, 2.05) is 12.3 Å². The fraction of sp³-hybridized carbons (Fsp3) is 0.654. The van der Waals surface area contributed by atoms with Gasteiger partial charge in [0.1, 0.15) is 5.76 Å². The minimum atomic E-state index is -0.603. The first-order chi connectivity index (χ1) is 13.7. The summed E-state index contributed by atoms with van der Waals surface area (Å²) in [5.41, 5.74) is 2.93. The van der Waals surface area contributed by atoms with Gasteiger partial charge in [-0.3, -0.25) is 0 Å². The van der Waals surface area contributed by atoms with Gasteiger partial charge in [-0.25, -0.2) is 0 Å². The van der Waals surface area contributed by atoms with Crippen LogP contribution in [0.15, 0.2) is 48.0 Å². The second-order valence-electron chi connectivity index (χ2n) is 10.8. The molecule has 3 heteroatoms. The molecule has 3 fully saturated rings. The van der Waals surface area contributed by atoms with Crippen LogP contribution < -0.4 is 0 Å². The molecule has 0 spiro atoms. The average Bonchev–Trinajstić information content (AvgIpc) is 2.70. The minimum Gasteiger partial charge on any atom is -0.465 e. The molecule has 2 N–H and O–H groups in total. The highest BCUT2D eigenvalue weighted by molar-refractivity contribution is 5.94. The average molecular weight is 394 g/mol. The Morgan fingerprint density at radius 1 is 1.17 bits per heavy atom. The first kappa shape index (κ1) is 19.4. The van der Waals surface area contributed by atoms with Crippen molar-refractivity contribution in [2.45, 2.75) is 77.7 Å². The molecular formula is C26H35NO2. The van der Waals surface area contributed by atoms with E-state index < -0.39 is 5.60 Å². The van der Waals surface area contributed by atoms with Crippen molar-refractivity contribution in [3.8, 4) is 0 Å². The van der Waals surface area contributed by atoms with Crippen molar-refractivity contribution in [2.75, 3.05) is 0 Å². The molecule has 5 rings (SSSR count). The van der Waals surface area contributed by atoms with Gasteiger partial charge >= 0.3 is 0 Å². The fourth-order valence-electron chi connectivity index (χ4n) is 8.24. The molecule has 3 nitrogen and oxygen atoms in total. The third-order valence-corrected chi connectivity index (χ3v) is 10.1. The van der Waals surface area contributed by atoms with Crippen LogP contribution in [0, 0.1) is 33.5 Å². The lowest BCUT2D eigenvalue weighted by Gasteiger charge is -2.75. The maximum Gasteiger partial charge on any atom is 0.119 e. The molecule has 29 heavy (non-hydrogen) atoms. The molecule has 0 aromatic carbocycles. The normalized spacial score (nSPS) is 48.4. The summed E-state index contributed by atoms with van der Waals surface area (Å²) in [6.07, 6.45) is 16.4. The third-order valence-electron chi connectivity index (χ3n) is 10.1. The van der Waals surface area contributed by atoms with Crippen LogP contribution >= 0.6 is 0 Å². The van der Waals surface area contributed by atoms with Crippen molar-refractivity contribution in [1.82, 2.24) is 0 Å². The van der Waals surface area contributed by atoms with Crippen molar-refractivity contribution in [3.05, 3.63) is 48.0 Å². The zero-order chi connectivity index (χ0) is 20.7.